The number of halogens is 4. The van der Waals surface area contributed by atoms with Gasteiger partial charge in [0, 0.05) is 17.1 Å². The zero-order valence-electron chi connectivity index (χ0n) is 12.3. The number of phenols is 1. The van der Waals surface area contributed by atoms with Gasteiger partial charge in [-0.15, -0.1) is 0 Å². The fourth-order valence-electron chi connectivity index (χ4n) is 1.87. The predicted molar refractivity (Wildman–Crippen MR) is 103 cm³/mol. The van der Waals surface area contributed by atoms with Crippen LogP contribution in [0.25, 0.3) is 0 Å². The van der Waals surface area contributed by atoms with Crippen LogP contribution in [0.2, 0.25) is 10.0 Å². The molecule has 128 valence electrons. The molecule has 1 amide bonds. The lowest BCUT2D eigenvalue weighted by molar-refractivity contribution is -0.116. The smallest absolute Gasteiger partial charge is 0.224 e. The zero-order chi connectivity index (χ0) is 17.7. The lowest BCUT2D eigenvalue weighted by atomic mass is 10.2. The van der Waals surface area contributed by atoms with Crippen LogP contribution in [0.5, 0.6) is 11.5 Å². The van der Waals surface area contributed by atoms with Crippen molar-refractivity contribution in [1.82, 2.24) is 0 Å². The first-order valence-electron chi connectivity index (χ1n) is 6.92. The first-order chi connectivity index (χ1) is 11.4. The summed E-state index contributed by atoms with van der Waals surface area (Å²) < 4.78 is 6.51. The summed E-state index contributed by atoms with van der Waals surface area (Å²) in [4.78, 5) is 11.9. The molecule has 0 atom stereocenters. The van der Waals surface area contributed by atoms with Gasteiger partial charge in [-0.25, -0.2) is 0 Å². The summed E-state index contributed by atoms with van der Waals surface area (Å²) in [5, 5.41) is 13.4. The van der Waals surface area contributed by atoms with E-state index in [1.54, 1.807) is 30.3 Å². The Morgan fingerprint density at radius 1 is 1.17 bits per heavy atom. The molecule has 2 N–H and O–H groups in total. The Balaban J connectivity index is 1.79. The van der Waals surface area contributed by atoms with Crippen LogP contribution in [0.4, 0.5) is 5.69 Å². The average Bonchev–Trinajstić information content (AvgIpc) is 2.50. The molecule has 0 unspecified atom stereocenters. The zero-order valence-corrected chi connectivity index (χ0v) is 17.0. The van der Waals surface area contributed by atoms with Gasteiger partial charge in [-0.05, 0) is 68.6 Å². The molecule has 8 heteroatoms. The number of anilines is 1. The second-order valence-corrected chi connectivity index (χ2v) is 7.42. The Labute approximate surface area is 166 Å². The second kappa shape index (κ2) is 8.94. The van der Waals surface area contributed by atoms with Crippen LogP contribution in [0, 0.1) is 0 Å². The van der Waals surface area contributed by atoms with E-state index in [-0.39, 0.29) is 11.7 Å². The highest BCUT2D eigenvalue weighted by molar-refractivity contribution is 9.11. The molecular formula is C16H13Br2Cl2NO3. The molecule has 0 heterocycles. The van der Waals surface area contributed by atoms with Crippen molar-refractivity contribution >= 4 is 66.7 Å². The first-order valence-corrected chi connectivity index (χ1v) is 9.26. The quantitative estimate of drug-likeness (QED) is 0.379. The van der Waals surface area contributed by atoms with Gasteiger partial charge in [-0.1, -0.05) is 23.2 Å². The van der Waals surface area contributed by atoms with E-state index in [2.05, 4.69) is 37.2 Å². The number of amides is 1. The van der Waals surface area contributed by atoms with Crippen molar-refractivity contribution in [3.8, 4) is 11.5 Å². The Bertz CT molecular complexity index is 733. The molecule has 0 aromatic heterocycles. The van der Waals surface area contributed by atoms with Gasteiger partial charge in [-0.3, -0.25) is 4.79 Å². The maximum Gasteiger partial charge on any atom is 0.224 e. The van der Waals surface area contributed by atoms with E-state index in [1.807, 2.05) is 0 Å². The summed E-state index contributed by atoms with van der Waals surface area (Å²) in [6.45, 7) is 0.359. The number of hydrogen-bond acceptors (Lipinski definition) is 3. The van der Waals surface area contributed by atoms with E-state index in [0.717, 1.165) is 0 Å². The average molecular weight is 498 g/mol. The Kier molecular flexibility index (Phi) is 7.22. The molecule has 0 aliphatic rings. The molecule has 0 radical (unpaired) electrons. The fourth-order valence-corrected chi connectivity index (χ4v) is 3.52. The van der Waals surface area contributed by atoms with Crippen LogP contribution in [0.15, 0.2) is 39.3 Å². The van der Waals surface area contributed by atoms with Gasteiger partial charge < -0.3 is 15.2 Å². The summed E-state index contributed by atoms with van der Waals surface area (Å²) in [6.07, 6.45) is 0.826. The number of carbonyl (C=O) groups is 1. The van der Waals surface area contributed by atoms with Crippen molar-refractivity contribution in [2.75, 3.05) is 11.9 Å². The minimum atomic E-state index is -0.148. The number of phenolic OH excluding ortho intramolecular Hbond substituents is 1. The molecule has 0 bridgehead atoms. The summed E-state index contributed by atoms with van der Waals surface area (Å²) in [7, 11) is 0. The van der Waals surface area contributed by atoms with Gasteiger partial charge in [0.15, 0.2) is 0 Å². The van der Waals surface area contributed by atoms with Gasteiger partial charge in [0.1, 0.15) is 11.5 Å². The number of nitrogens with one attached hydrogen (secondary N) is 1. The Hall–Kier alpha value is -0.950. The van der Waals surface area contributed by atoms with Gasteiger partial charge in [0.2, 0.25) is 5.91 Å². The van der Waals surface area contributed by atoms with E-state index in [0.29, 0.717) is 49.9 Å². The molecule has 0 spiro atoms. The molecule has 2 rings (SSSR count). The van der Waals surface area contributed by atoms with Crippen molar-refractivity contribution in [1.29, 1.82) is 0 Å². The third kappa shape index (κ3) is 5.55. The normalized spacial score (nSPS) is 10.5. The van der Waals surface area contributed by atoms with Crippen molar-refractivity contribution < 1.29 is 14.6 Å². The summed E-state index contributed by atoms with van der Waals surface area (Å²) >= 11 is 18.2. The molecule has 0 aliphatic carbocycles. The molecule has 24 heavy (non-hydrogen) atoms. The summed E-state index contributed by atoms with van der Waals surface area (Å²) in [6, 6.07) is 8.24. The van der Waals surface area contributed by atoms with E-state index in [4.69, 9.17) is 27.9 Å². The summed E-state index contributed by atoms with van der Waals surface area (Å²) in [5.41, 5.74) is 0.582. The molecule has 0 fully saturated rings. The summed E-state index contributed by atoms with van der Waals surface area (Å²) in [5.74, 6) is 0.472. The molecule has 4 nitrogen and oxygen atoms in total. The highest BCUT2D eigenvalue weighted by atomic mass is 79.9. The van der Waals surface area contributed by atoms with E-state index in [1.165, 1.54) is 0 Å². The minimum Gasteiger partial charge on any atom is -0.506 e. The SMILES string of the molecule is O=C(CCCOc1ccc(Cl)cc1Cl)Nc1cc(Br)c(O)c(Br)c1. The monoisotopic (exact) mass is 495 g/mol. The Morgan fingerprint density at radius 3 is 2.46 bits per heavy atom. The molecule has 2 aromatic carbocycles. The predicted octanol–water partition coefficient (Wildman–Crippen LogP) is 6.02. The number of carbonyl (C=O) groups excluding carboxylic acids is 1. The Morgan fingerprint density at radius 2 is 1.83 bits per heavy atom. The minimum absolute atomic E-state index is 0.0845. The third-order valence-electron chi connectivity index (χ3n) is 3.00. The molecule has 0 saturated heterocycles. The van der Waals surface area contributed by atoms with Gasteiger partial charge in [0.25, 0.3) is 0 Å². The van der Waals surface area contributed by atoms with Crippen LogP contribution >= 0.6 is 55.1 Å². The number of benzene rings is 2. The van der Waals surface area contributed by atoms with E-state index in [9.17, 15) is 9.90 Å². The van der Waals surface area contributed by atoms with Crippen LogP contribution in [0.1, 0.15) is 12.8 Å². The maximum absolute atomic E-state index is 11.9. The second-order valence-electron chi connectivity index (χ2n) is 4.86. The molecule has 0 saturated carbocycles. The van der Waals surface area contributed by atoms with E-state index >= 15 is 0 Å². The molecule has 2 aromatic rings. The molecular weight excluding hydrogens is 485 g/mol. The molecule has 0 aliphatic heterocycles. The van der Waals surface area contributed by atoms with Crippen molar-refractivity contribution in [2.24, 2.45) is 0 Å². The highest BCUT2D eigenvalue weighted by Crippen LogP contribution is 2.35. The number of aromatic hydroxyl groups is 1. The standard InChI is InChI=1S/C16H13Br2Cl2NO3/c17-11-7-10(8-12(18)16(11)23)21-15(22)2-1-5-24-14-4-3-9(19)6-13(14)20/h3-4,6-8,23H,1-2,5H2,(H,21,22). The van der Waals surface area contributed by atoms with Crippen molar-refractivity contribution in [3.63, 3.8) is 0 Å². The lowest BCUT2D eigenvalue weighted by Gasteiger charge is -2.10. The number of ether oxygens (including phenoxy) is 1. The van der Waals surface area contributed by atoms with Gasteiger partial charge in [0.05, 0.1) is 20.6 Å². The maximum atomic E-state index is 11.9. The fraction of sp³-hybridized carbons (Fsp3) is 0.188. The third-order valence-corrected chi connectivity index (χ3v) is 4.74. The lowest BCUT2D eigenvalue weighted by Crippen LogP contribution is -2.13. The van der Waals surface area contributed by atoms with Gasteiger partial charge >= 0.3 is 0 Å². The van der Waals surface area contributed by atoms with Gasteiger partial charge in [-0.2, -0.15) is 0 Å². The van der Waals surface area contributed by atoms with E-state index < -0.39 is 0 Å². The topological polar surface area (TPSA) is 58.6 Å². The van der Waals surface area contributed by atoms with Crippen LogP contribution in [-0.4, -0.2) is 17.6 Å². The van der Waals surface area contributed by atoms with Crippen molar-refractivity contribution in [3.05, 3.63) is 49.3 Å². The van der Waals surface area contributed by atoms with Crippen LogP contribution < -0.4 is 10.1 Å². The highest BCUT2D eigenvalue weighted by Gasteiger charge is 2.09. The first kappa shape index (κ1) is 19.4. The van der Waals surface area contributed by atoms with Crippen molar-refractivity contribution in [2.45, 2.75) is 12.8 Å². The number of rotatable bonds is 6. The van der Waals surface area contributed by atoms with Crippen LogP contribution in [-0.2, 0) is 4.79 Å². The van der Waals surface area contributed by atoms with Crippen LogP contribution in [0.3, 0.4) is 0 Å². The number of hydrogen-bond donors (Lipinski definition) is 2. The largest absolute Gasteiger partial charge is 0.506 e.